The Balaban J connectivity index is 0.000000785. The Bertz CT molecular complexity index is 867. The van der Waals surface area contributed by atoms with Gasteiger partial charge in [0.25, 0.3) is 6.47 Å². The highest BCUT2D eigenvalue weighted by molar-refractivity contribution is 9.10. The molecule has 8 nitrogen and oxygen atoms in total. The lowest BCUT2D eigenvalue weighted by atomic mass is 10.0. The fourth-order valence-corrected chi connectivity index (χ4v) is 3.86. The summed E-state index contributed by atoms with van der Waals surface area (Å²) in [5, 5.41) is 3.14. The van der Waals surface area contributed by atoms with Crippen LogP contribution in [0.1, 0.15) is 39.6 Å². The Morgan fingerprint density at radius 3 is 2.52 bits per heavy atom. The number of nitrogens with zero attached hydrogens (tertiary/aromatic N) is 2. The highest BCUT2D eigenvalue weighted by Crippen LogP contribution is 2.37. The van der Waals surface area contributed by atoms with Crippen molar-refractivity contribution in [3.8, 4) is 11.3 Å². The Labute approximate surface area is 191 Å². The van der Waals surface area contributed by atoms with Crippen molar-refractivity contribution in [2.45, 2.75) is 45.5 Å². The van der Waals surface area contributed by atoms with Crippen LogP contribution in [0.2, 0.25) is 0 Å². The molecule has 2 aromatic rings. The zero-order valence-electron chi connectivity index (χ0n) is 18.8. The number of amides is 1. The molecule has 2 unspecified atom stereocenters. The van der Waals surface area contributed by atoms with Crippen LogP contribution in [0.15, 0.2) is 34.9 Å². The molecule has 3 rings (SSSR count). The number of imidazole rings is 1. The maximum Gasteiger partial charge on any atom is 0.292 e. The zero-order valence-corrected chi connectivity index (χ0v) is 20.4. The third-order valence-corrected chi connectivity index (χ3v) is 5.66. The number of methoxy groups -OCH3 is 1. The van der Waals surface area contributed by atoms with Crippen molar-refractivity contribution in [3.05, 3.63) is 40.8 Å². The van der Waals surface area contributed by atoms with Crippen LogP contribution in [-0.2, 0) is 19.1 Å². The number of nitrogens with one attached hydrogen (secondary N) is 2. The second kappa shape index (κ2) is 10.9. The van der Waals surface area contributed by atoms with Crippen LogP contribution in [0.5, 0.6) is 0 Å². The molecule has 0 aliphatic carbocycles. The average molecular weight is 495 g/mol. The van der Waals surface area contributed by atoms with Gasteiger partial charge >= 0.3 is 0 Å². The first-order valence-electron chi connectivity index (χ1n) is 10.1. The van der Waals surface area contributed by atoms with Crippen molar-refractivity contribution < 1.29 is 19.1 Å². The number of benzene rings is 1. The molecule has 1 aliphatic heterocycles. The number of hydrogen-bond acceptors (Lipinski definition) is 6. The minimum atomic E-state index is -0.684. The standard InChI is InChI=1S/C20H27BrN4O2.C2H4O2/c1-12(2)17(22-5)19(26)25-16(11-27-20(25,3)4)18-23-10-15(24-18)13-6-8-14(21)9-7-13;1-4-2-3/h6-10,12,16-17,22H,11H2,1-5H3,(H,23,24);2H,1H3. The van der Waals surface area contributed by atoms with Gasteiger partial charge in [-0.3, -0.25) is 9.59 Å². The van der Waals surface area contributed by atoms with E-state index in [0.29, 0.717) is 13.1 Å². The number of hydrogen-bond donors (Lipinski definition) is 2. The number of carbonyl (C=O) groups is 2. The maximum absolute atomic E-state index is 13.3. The molecule has 0 bridgehead atoms. The Hall–Kier alpha value is -2.23. The molecule has 2 N–H and O–H groups in total. The SMILES string of the molecule is CNC(C(=O)N1C(c2ncc(-c3ccc(Br)cc3)[nH]2)COC1(C)C)C(C)C.COC=O. The van der Waals surface area contributed by atoms with Crippen LogP contribution in [-0.4, -0.2) is 59.8 Å². The van der Waals surface area contributed by atoms with E-state index in [2.05, 4.69) is 36.0 Å². The van der Waals surface area contributed by atoms with Gasteiger partial charge in [0, 0.05) is 4.47 Å². The van der Waals surface area contributed by atoms with Crippen molar-refractivity contribution in [3.63, 3.8) is 0 Å². The summed E-state index contributed by atoms with van der Waals surface area (Å²) >= 11 is 3.45. The third-order valence-electron chi connectivity index (χ3n) is 5.13. The van der Waals surface area contributed by atoms with Gasteiger partial charge in [0.15, 0.2) is 0 Å². The predicted molar refractivity (Wildman–Crippen MR) is 122 cm³/mol. The van der Waals surface area contributed by atoms with Crippen molar-refractivity contribution in [2.24, 2.45) is 5.92 Å². The van der Waals surface area contributed by atoms with Gasteiger partial charge in [0.05, 0.1) is 31.6 Å². The molecule has 1 aliphatic rings. The minimum absolute atomic E-state index is 0.0293. The molecule has 0 spiro atoms. The number of ether oxygens (including phenoxy) is 2. The van der Waals surface area contributed by atoms with E-state index in [1.54, 1.807) is 0 Å². The van der Waals surface area contributed by atoms with E-state index in [1.165, 1.54) is 7.11 Å². The van der Waals surface area contributed by atoms with E-state index in [-0.39, 0.29) is 23.9 Å². The molecular weight excluding hydrogens is 464 g/mol. The van der Waals surface area contributed by atoms with Crippen LogP contribution < -0.4 is 5.32 Å². The fourth-order valence-electron chi connectivity index (χ4n) is 3.60. The summed E-state index contributed by atoms with van der Waals surface area (Å²) in [7, 11) is 3.13. The predicted octanol–water partition coefficient (Wildman–Crippen LogP) is 3.51. The fraction of sp³-hybridized carbons (Fsp3) is 0.500. The molecule has 1 fully saturated rings. The van der Waals surface area contributed by atoms with E-state index < -0.39 is 5.72 Å². The molecule has 170 valence electrons. The number of likely N-dealkylation sites (N-methyl/N-ethyl adjacent to an activating group) is 1. The first kappa shape index (κ1) is 25.0. The summed E-state index contributed by atoms with van der Waals surface area (Å²) in [6.07, 6.45) is 1.81. The summed E-state index contributed by atoms with van der Waals surface area (Å²) in [4.78, 5) is 32.0. The molecule has 1 aromatic carbocycles. The van der Waals surface area contributed by atoms with E-state index in [4.69, 9.17) is 9.53 Å². The smallest absolute Gasteiger partial charge is 0.292 e. The monoisotopic (exact) mass is 494 g/mol. The maximum atomic E-state index is 13.3. The topological polar surface area (TPSA) is 96.6 Å². The molecule has 31 heavy (non-hydrogen) atoms. The number of rotatable bonds is 6. The molecular formula is C22H31BrN4O4. The van der Waals surface area contributed by atoms with Crippen LogP contribution in [0.3, 0.4) is 0 Å². The van der Waals surface area contributed by atoms with Gasteiger partial charge in [-0.15, -0.1) is 0 Å². The van der Waals surface area contributed by atoms with Gasteiger partial charge in [-0.05, 0) is 44.5 Å². The second-order valence-electron chi connectivity index (χ2n) is 8.01. The van der Waals surface area contributed by atoms with E-state index in [1.807, 2.05) is 70.1 Å². The first-order valence-corrected chi connectivity index (χ1v) is 10.9. The molecule has 9 heteroatoms. The van der Waals surface area contributed by atoms with Gasteiger partial charge in [-0.25, -0.2) is 4.98 Å². The zero-order chi connectivity index (χ0) is 23.2. The van der Waals surface area contributed by atoms with Gasteiger partial charge in [-0.2, -0.15) is 0 Å². The lowest BCUT2D eigenvalue weighted by molar-refractivity contribution is -0.149. The van der Waals surface area contributed by atoms with Gasteiger partial charge in [-0.1, -0.05) is 41.9 Å². The molecule has 1 amide bonds. The number of carbonyl (C=O) groups excluding carboxylic acids is 2. The lowest BCUT2D eigenvalue weighted by Crippen LogP contribution is -2.54. The number of halogens is 1. The highest BCUT2D eigenvalue weighted by Gasteiger charge is 2.47. The molecule has 1 aromatic heterocycles. The quantitative estimate of drug-likeness (QED) is 0.596. The molecule has 2 heterocycles. The summed E-state index contributed by atoms with van der Waals surface area (Å²) < 4.78 is 10.8. The van der Waals surface area contributed by atoms with Crippen molar-refractivity contribution in [2.75, 3.05) is 20.8 Å². The second-order valence-corrected chi connectivity index (χ2v) is 8.93. The van der Waals surface area contributed by atoms with Crippen LogP contribution in [0, 0.1) is 5.92 Å². The van der Waals surface area contributed by atoms with Crippen LogP contribution in [0.25, 0.3) is 11.3 Å². The minimum Gasteiger partial charge on any atom is -0.471 e. The number of aromatic amines is 1. The summed E-state index contributed by atoms with van der Waals surface area (Å²) in [6.45, 7) is 8.72. The first-order chi connectivity index (χ1) is 14.7. The summed E-state index contributed by atoms with van der Waals surface area (Å²) in [5.41, 5.74) is 1.28. The van der Waals surface area contributed by atoms with Crippen LogP contribution in [0.4, 0.5) is 0 Å². The Morgan fingerprint density at radius 2 is 2.00 bits per heavy atom. The summed E-state index contributed by atoms with van der Waals surface area (Å²) in [6, 6.07) is 7.52. The van der Waals surface area contributed by atoms with E-state index >= 15 is 0 Å². The average Bonchev–Trinajstić information content (AvgIpc) is 3.33. The van der Waals surface area contributed by atoms with Gasteiger partial charge in [0.2, 0.25) is 5.91 Å². The number of aromatic nitrogens is 2. The van der Waals surface area contributed by atoms with Crippen LogP contribution >= 0.6 is 15.9 Å². The third kappa shape index (κ3) is 5.93. The van der Waals surface area contributed by atoms with Crippen molar-refractivity contribution in [1.82, 2.24) is 20.2 Å². The van der Waals surface area contributed by atoms with Crippen molar-refractivity contribution in [1.29, 1.82) is 0 Å². The van der Waals surface area contributed by atoms with Gasteiger partial charge < -0.3 is 24.7 Å². The summed E-state index contributed by atoms with van der Waals surface area (Å²) in [5.74, 6) is 0.946. The lowest BCUT2D eigenvalue weighted by Gasteiger charge is -2.36. The molecule has 2 atom stereocenters. The van der Waals surface area contributed by atoms with Crippen molar-refractivity contribution >= 4 is 28.3 Å². The normalized spacial score (nSPS) is 18.3. The largest absolute Gasteiger partial charge is 0.471 e. The highest BCUT2D eigenvalue weighted by atomic mass is 79.9. The molecule has 0 radical (unpaired) electrons. The van der Waals surface area contributed by atoms with Gasteiger partial charge in [0.1, 0.15) is 17.6 Å². The molecule has 1 saturated heterocycles. The Morgan fingerprint density at radius 1 is 1.39 bits per heavy atom. The van der Waals surface area contributed by atoms with E-state index in [9.17, 15) is 4.79 Å². The Kier molecular flexibility index (Phi) is 8.79. The molecule has 0 saturated carbocycles. The number of H-pyrrole nitrogens is 1. The van der Waals surface area contributed by atoms with E-state index in [0.717, 1.165) is 21.6 Å².